The van der Waals surface area contributed by atoms with E-state index in [0.717, 1.165) is 24.4 Å². The van der Waals surface area contributed by atoms with Crippen molar-refractivity contribution in [1.29, 1.82) is 0 Å². The minimum Gasteiger partial charge on any atom is -0.345 e. The van der Waals surface area contributed by atoms with Gasteiger partial charge in [-0.15, -0.1) is 0 Å². The molecular weight excluding hydrogens is 268 g/mol. The molecule has 7 heteroatoms. The molecule has 0 saturated heterocycles. The third kappa shape index (κ3) is 3.79. The van der Waals surface area contributed by atoms with Gasteiger partial charge in [-0.25, -0.2) is 15.8 Å². The Labute approximate surface area is 123 Å². The number of pyridine rings is 1. The van der Waals surface area contributed by atoms with Crippen LogP contribution in [0, 0.1) is 0 Å². The number of imidazole rings is 1. The third-order valence-corrected chi connectivity index (χ3v) is 3.12. The molecule has 0 aromatic carbocycles. The van der Waals surface area contributed by atoms with E-state index < -0.39 is 0 Å². The van der Waals surface area contributed by atoms with Crippen LogP contribution in [0.5, 0.6) is 0 Å². The zero-order valence-electron chi connectivity index (χ0n) is 12.3. The highest BCUT2D eigenvalue weighted by atomic mass is 16.1. The lowest BCUT2D eigenvalue weighted by Gasteiger charge is -2.09. The second-order valence-corrected chi connectivity index (χ2v) is 4.76. The highest BCUT2D eigenvalue weighted by molar-refractivity contribution is 5.94. The summed E-state index contributed by atoms with van der Waals surface area (Å²) in [5.41, 5.74) is 3.87. The topological polar surface area (TPSA) is 97.9 Å². The summed E-state index contributed by atoms with van der Waals surface area (Å²) in [6.45, 7) is 2.43. The smallest absolute Gasteiger partial charge is 0.251 e. The highest BCUT2D eigenvalue weighted by Crippen LogP contribution is 2.11. The normalized spacial score (nSPS) is 10.4. The van der Waals surface area contributed by atoms with Crippen molar-refractivity contribution in [1.82, 2.24) is 19.9 Å². The van der Waals surface area contributed by atoms with E-state index in [2.05, 4.69) is 27.6 Å². The molecular formula is C14H20N6O. The van der Waals surface area contributed by atoms with Crippen molar-refractivity contribution < 1.29 is 4.79 Å². The fourth-order valence-corrected chi connectivity index (χ4v) is 2.01. The van der Waals surface area contributed by atoms with Gasteiger partial charge in [0.25, 0.3) is 5.91 Å². The van der Waals surface area contributed by atoms with Gasteiger partial charge in [0.05, 0.1) is 6.54 Å². The Hall–Kier alpha value is -2.41. The number of nitrogen functional groups attached to an aromatic ring is 1. The number of hydrogen-bond acceptors (Lipinski definition) is 5. The zero-order chi connectivity index (χ0) is 15.2. The Kier molecular flexibility index (Phi) is 4.89. The van der Waals surface area contributed by atoms with Crippen LogP contribution < -0.4 is 16.6 Å². The maximum atomic E-state index is 12.2. The number of nitrogens with one attached hydrogen (secondary N) is 2. The fourth-order valence-electron chi connectivity index (χ4n) is 2.01. The summed E-state index contributed by atoms with van der Waals surface area (Å²) >= 11 is 0. The molecule has 0 unspecified atom stereocenters. The molecule has 2 heterocycles. The van der Waals surface area contributed by atoms with E-state index in [-0.39, 0.29) is 5.91 Å². The van der Waals surface area contributed by atoms with Crippen LogP contribution in [-0.4, -0.2) is 20.4 Å². The van der Waals surface area contributed by atoms with Gasteiger partial charge in [-0.05, 0) is 18.6 Å². The number of carbonyl (C=O) groups is 1. The van der Waals surface area contributed by atoms with Crippen LogP contribution in [0.4, 0.5) is 5.82 Å². The van der Waals surface area contributed by atoms with Gasteiger partial charge in [0.15, 0.2) is 0 Å². The minimum atomic E-state index is -0.172. The molecule has 2 aromatic heterocycles. The molecule has 0 spiro atoms. The lowest BCUT2D eigenvalue weighted by Crippen LogP contribution is -2.25. The molecule has 0 aliphatic rings. The number of carbonyl (C=O) groups excluding carboxylic acids is 1. The van der Waals surface area contributed by atoms with Gasteiger partial charge in [-0.3, -0.25) is 4.79 Å². The van der Waals surface area contributed by atoms with Crippen LogP contribution in [0.3, 0.4) is 0 Å². The molecule has 0 aliphatic carbocycles. The van der Waals surface area contributed by atoms with E-state index in [0.29, 0.717) is 17.9 Å². The molecule has 4 N–H and O–H groups in total. The van der Waals surface area contributed by atoms with Crippen molar-refractivity contribution >= 4 is 11.7 Å². The van der Waals surface area contributed by atoms with E-state index in [9.17, 15) is 4.79 Å². The number of amides is 1. The zero-order valence-corrected chi connectivity index (χ0v) is 12.3. The quantitative estimate of drug-likeness (QED) is 0.544. The molecule has 1 amide bonds. The lowest BCUT2D eigenvalue weighted by molar-refractivity contribution is 0.0949. The summed E-state index contributed by atoms with van der Waals surface area (Å²) in [4.78, 5) is 20.7. The number of hydrazine groups is 1. The highest BCUT2D eigenvalue weighted by Gasteiger charge is 2.10. The van der Waals surface area contributed by atoms with Crippen molar-refractivity contribution in [3.8, 4) is 0 Å². The van der Waals surface area contributed by atoms with Crippen molar-refractivity contribution in [2.75, 3.05) is 5.43 Å². The first kappa shape index (κ1) is 15.0. The Morgan fingerprint density at radius 1 is 1.43 bits per heavy atom. The largest absolute Gasteiger partial charge is 0.345 e. The molecule has 0 atom stereocenters. The minimum absolute atomic E-state index is 0.172. The predicted molar refractivity (Wildman–Crippen MR) is 80.4 cm³/mol. The summed E-state index contributed by atoms with van der Waals surface area (Å²) in [6, 6.07) is 3.42. The van der Waals surface area contributed by atoms with Gasteiger partial charge >= 0.3 is 0 Å². The Balaban J connectivity index is 2.10. The van der Waals surface area contributed by atoms with E-state index in [1.165, 1.54) is 0 Å². The average Bonchev–Trinajstić information content (AvgIpc) is 2.90. The molecule has 0 fully saturated rings. The summed E-state index contributed by atoms with van der Waals surface area (Å²) < 4.78 is 1.86. The predicted octanol–water partition coefficient (Wildman–Crippen LogP) is 0.983. The van der Waals surface area contributed by atoms with E-state index in [4.69, 9.17) is 5.84 Å². The second kappa shape index (κ2) is 6.85. The van der Waals surface area contributed by atoms with Crippen LogP contribution in [0.2, 0.25) is 0 Å². The lowest BCUT2D eigenvalue weighted by atomic mass is 10.1. The maximum absolute atomic E-state index is 12.2. The van der Waals surface area contributed by atoms with Crippen LogP contribution in [-0.2, 0) is 20.0 Å². The molecule has 112 valence electrons. The number of aryl methyl sites for hydroxylation is 2. The van der Waals surface area contributed by atoms with Gasteiger partial charge in [0, 0.05) is 30.7 Å². The fraction of sp³-hybridized carbons (Fsp3) is 0.357. The van der Waals surface area contributed by atoms with Gasteiger partial charge in [0.1, 0.15) is 11.6 Å². The molecule has 2 rings (SSSR count). The number of nitrogens with two attached hydrogens (primary N) is 1. The third-order valence-electron chi connectivity index (χ3n) is 3.12. The number of rotatable bonds is 6. The van der Waals surface area contributed by atoms with E-state index in [1.807, 2.05) is 17.8 Å². The molecule has 2 aromatic rings. The average molecular weight is 288 g/mol. The van der Waals surface area contributed by atoms with Gasteiger partial charge in [-0.1, -0.05) is 13.3 Å². The number of anilines is 1. The van der Waals surface area contributed by atoms with Gasteiger partial charge in [-0.2, -0.15) is 0 Å². The van der Waals surface area contributed by atoms with Crippen LogP contribution in [0.15, 0.2) is 24.5 Å². The monoisotopic (exact) mass is 288 g/mol. The van der Waals surface area contributed by atoms with Crippen LogP contribution in [0.1, 0.15) is 35.2 Å². The first-order valence-electron chi connectivity index (χ1n) is 6.86. The van der Waals surface area contributed by atoms with Crippen molar-refractivity contribution in [3.63, 3.8) is 0 Å². The molecule has 0 bridgehead atoms. The molecule has 7 nitrogen and oxygen atoms in total. The van der Waals surface area contributed by atoms with E-state index in [1.54, 1.807) is 18.3 Å². The Morgan fingerprint density at radius 2 is 2.24 bits per heavy atom. The molecule has 0 radical (unpaired) electrons. The Bertz CT molecular complexity index is 622. The number of aromatic nitrogens is 3. The molecule has 21 heavy (non-hydrogen) atoms. The maximum Gasteiger partial charge on any atom is 0.251 e. The Morgan fingerprint density at radius 3 is 2.86 bits per heavy atom. The number of nitrogens with zero attached hydrogens (tertiary/aromatic N) is 3. The second-order valence-electron chi connectivity index (χ2n) is 4.76. The first-order valence-corrected chi connectivity index (χ1v) is 6.86. The first-order chi connectivity index (χ1) is 10.1. The van der Waals surface area contributed by atoms with Crippen molar-refractivity contribution in [2.24, 2.45) is 12.9 Å². The van der Waals surface area contributed by atoms with Gasteiger partial charge in [0.2, 0.25) is 0 Å². The van der Waals surface area contributed by atoms with Crippen LogP contribution >= 0.6 is 0 Å². The molecule has 0 saturated carbocycles. The summed E-state index contributed by atoms with van der Waals surface area (Å²) in [5.74, 6) is 6.51. The summed E-state index contributed by atoms with van der Waals surface area (Å²) in [5, 5.41) is 2.84. The number of hydrogen-bond donors (Lipinski definition) is 3. The van der Waals surface area contributed by atoms with Gasteiger partial charge < -0.3 is 15.3 Å². The summed E-state index contributed by atoms with van der Waals surface area (Å²) in [6.07, 6.45) is 5.29. The van der Waals surface area contributed by atoms with E-state index >= 15 is 0 Å². The SMILES string of the molecule is CCCc1cc(C(=O)NCc2nccn2C)cc(NN)n1. The van der Waals surface area contributed by atoms with Crippen molar-refractivity contribution in [3.05, 3.63) is 41.6 Å². The molecule has 0 aliphatic heterocycles. The van der Waals surface area contributed by atoms with Crippen molar-refractivity contribution in [2.45, 2.75) is 26.3 Å². The van der Waals surface area contributed by atoms with Crippen LogP contribution in [0.25, 0.3) is 0 Å². The summed E-state index contributed by atoms with van der Waals surface area (Å²) in [7, 11) is 1.89. The standard InChI is InChI=1S/C14H20N6O/c1-3-4-11-7-10(8-12(18-11)19-15)14(21)17-9-13-16-5-6-20(13)2/h5-8H,3-4,9,15H2,1-2H3,(H,17,21)(H,18,19).